The highest BCUT2D eigenvalue weighted by molar-refractivity contribution is 6.31. The van der Waals surface area contributed by atoms with Crippen LogP contribution in [0, 0.1) is 0 Å². The number of carbonyl (C=O) groups is 2. The van der Waals surface area contributed by atoms with Crippen LogP contribution in [0.25, 0.3) is 0 Å². The molecule has 0 bridgehead atoms. The van der Waals surface area contributed by atoms with Crippen molar-refractivity contribution in [1.29, 1.82) is 0 Å². The van der Waals surface area contributed by atoms with Crippen LogP contribution >= 0.6 is 11.6 Å². The number of nitrogens with one attached hydrogen (secondary N) is 1. The highest BCUT2D eigenvalue weighted by Gasteiger charge is 2.46. The van der Waals surface area contributed by atoms with Gasteiger partial charge in [0.2, 0.25) is 5.90 Å². The Hall–Kier alpha value is -2.95. The molecule has 1 aromatic rings. The van der Waals surface area contributed by atoms with Gasteiger partial charge in [0.1, 0.15) is 5.92 Å². The second kappa shape index (κ2) is 8.16. The second-order valence-electron chi connectivity index (χ2n) is 4.87. The van der Waals surface area contributed by atoms with Crippen LogP contribution in [0.5, 0.6) is 0 Å². The standard InChI is InChI=1S/C15H12ClF3N2O6/c1-24-13(22)26-10-9(7-5-3-4-6-8(7)16)12(27-14(23)25-2)21-20-11(10)15(17,18)19/h3-6,9,20H,1-2H3. The predicted octanol–water partition coefficient (Wildman–Crippen LogP) is 3.68. The molecule has 1 atom stereocenters. The monoisotopic (exact) mass is 408 g/mol. The van der Waals surface area contributed by atoms with E-state index in [1.807, 2.05) is 0 Å². The van der Waals surface area contributed by atoms with E-state index < -0.39 is 41.8 Å². The number of rotatable bonds is 2. The van der Waals surface area contributed by atoms with E-state index in [4.69, 9.17) is 21.1 Å². The first-order chi connectivity index (χ1) is 12.7. The van der Waals surface area contributed by atoms with Gasteiger partial charge >= 0.3 is 18.5 Å². The third-order valence-corrected chi connectivity index (χ3v) is 3.59. The van der Waals surface area contributed by atoms with Crippen LogP contribution in [0.4, 0.5) is 22.8 Å². The predicted molar refractivity (Wildman–Crippen MR) is 84.8 cm³/mol. The summed E-state index contributed by atoms with van der Waals surface area (Å²) in [5.74, 6) is -3.13. The lowest BCUT2D eigenvalue weighted by molar-refractivity contribution is -0.101. The number of allylic oxidation sites excluding steroid dienone is 1. The largest absolute Gasteiger partial charge is 0.514 e. The third-order valence-electron chi connectivity index (χ3n) is 3.25. The first-order valence-electron chi connectivity index (χ1n) is 7.10. The number of carbonyl (C=O) groups excluding carboxylic acids is 2. The summed E-state index contributed by atoms with van der Waals surface area (Å²) < 4.78 is 58.3. The van der Waals surface area contributed by atoms with E-state index in [0.717, 1.165) is 14.2 Å². The van der Waals surface area contributed by atoms with Crippen molar-refractivity contribution in [2.45, 2.75) is 12.1 Å². The minimum absolute atomic E-state index is 0.0121. The van der Waals surface area contributed by atoms with Crippen LogP contribution in [-0.2, 0) is 18.9 Å². The molecule has 1 heterocycles. The lowest BCUT2D eigenvalue weighted by Gasteiger charge is -2.28. The zero-order valence-corrected chi connectivity index (χ0v) is 14.6. The molecule has 0 spiro atoms. The number of nitrogens with zero attached hydrogens (tertiary/aromatic N) is 1. The van der Waals surface area contributed by atoms with Crippen molar-refractivity contribution in [2.75, 3.05) is 14.2 Å². The Bertz CT molecular complexity index is 809. The fourth-order valence-corrected chi connectivity index (χ4v) is 2.37. The van der Waals surface area contributed by atoms with Gasteiger partial charge in [-0.3, -0.25) is 5.43 Å². The van der Waals surface area contributed by atoms with Crippen molar-refractivity contribution >= 4 is 29.8 Å². The number of alkyl halides is 3. The van der Waals surface area contributed by atoms with Crippen LogP contribution < -0.4 is 5.43 Å². The van der Waals surface area contributed by atoms with Crippen molar-refractivity contribution in [3.63, 3.8) is 0 Å². The van der Waals surface area contributed by atoms with Crippen LogP contribution in [0.15, 0.2) is 40.8 Å². The summed E-state index contributed by atoms with van der Waals surface area (Å²) in [6.07, 6.45) is -7.66. The van der Waals surface area contributed by atoms with Gasteiger partial charge < -0.3 is 18.9 Å². The van der Waals surface area contributed by atoms with Crippen molar-refractivity contribution in [3.8, 4) is 0 Å². The number of methoxy groups -OCH3 is 2. The number of hydrogen-bond acceptors (Lipinski definition) is 8. The van der Waals surface area contributed by atoms with Gasteiger partial charge in [-0.2, -0.15) is 13.2 Å². The van der Waals surface area contributed by atoms with E-state index in [1.165, 1.54) is 24.3 Å². The number of benzene rings is 1. The Morgan fingerprint density at radius 2 is 1.70 bits per heavy atom. The Labute approximate surface area is 155 Å². The molecule has 1 aliphatic heterocycles. The van der Waals surface area contributed by atoms with Crippen LogP contribution in [-0.4, -0.2) is 38.6 Å². The normalized spacial score (nSPS) is 16.8. The molecule has 0 radical (unpaired) electrons. The minimum Gasteiger partial charge on any atom is -0.437 e. The summed E-state index contributed by atoms with van der Waals surface area (Å²) in [7, 11) is 1.91. The average Bonchev–Trinajstić information content (AvgIpc) is 2.61. The molecule has 8 nitrogen and oxygen atoms in total. The van der Waals surface area contributed by atoms with Crippen LogP contribution in [0.3, 0.4) is 0 Å². The summed E-state index contributed by atoms with van der Waals surface area (Å²) in [5.41, 5.74) is 0.212. The molecule has 0 saturated heterocycles. The summed E-state index contributed by atoms with van der Waals surface area (Å²) in [4.78, 5) is 23.0. The first-order valence-corrected chi connectivity index (χ1v) is 7.47. The second-order valence-corrected chi connectivity index (χ2v) is 5.27. The maximum absolute atomic E-state index is 13.4. The Morgan fingerprint density at radius 3 is 2.26 bits per heavy atom. The van der Waals surface area contributed by atoms with Crippen molar-refractivity contribution in [1.82, 2.24) is 5.43 Å². The number of halogens is 4. The van der Waals surface area contributed by atoms with Gasteiger partial charge in [0.05, 0.1) is 14.2 Å². The third kappa shape index (κ3) is 4.61. The van der Waals surface area contributed by atoms with Gasteiger partial charge in [-0.05, 0) is 11.6 Å². The Morgan fingerprint density at radius 1 is 1.11 bits per heavy atom. The number of hydrogen-bond donors (Lipinski definition) is 1. The van der Waals surface area contributed by atoms with Gasteiger partial charge in [0.25, 0.3) is 0 Å². The molecule has 0 saturated carbocycles. The smallest absolute Gasteiger partial charge is 0.437 e. The molecule has 2 rings (SSSR count). The van der Waals surface area contributed by atoms with Crippen molar-refractivity contribution in [3.05, 3.63) is 46.3 Å². The summed E-state index contributed by atoms with van der Waals surface area (Å²) in [6, 6.07) is 5.74. The molecule has 0 fully saturated rings. The molecule has 12 heteroatoms. The molecule has 1 aliphatic rings. The van der Waals surface area contributed by atoms with E-state index in [0.29, 0.717) is 0 Å². The van der Waals surface area contributed by atoms with E-state index in [-0.39, 0.29) is 10.6 Å². The van der Waals surface area contributed by atoms with Gasteiger partial charge in [-0.15, -0.1) is 5.10 Å². The average molecular weight is 409 g/mol. The molecular weight excluding hydrogens is 397 g/mol. The van der Waals surface area contributed by atoms with E-state index >= 15 is 0 Å². The summed E-state index contributed by atoms with van der Waals surface area (Å²) in [6.45, 7) is 0. The quantitative estimate of drug-likeness (QED) is 0.746. The molecule has 1 N–H and O–H groups in total. The van der Waals surface area contributed by atoms with E-state index in [1.54, 1.807) is 5.43 Å². The first kappa shape index (κ1) is 20.4. The number of ether oxygens (including phenoxy) is 4. The molecule has 1 unspecified atom stereocenters. The molecule has 0 aromatic heterocycles. The van der Waals surface area contributed by atoms with E-state index in [9.17, 15) is 22.8 Å². The Balaban J connectivity index is 2.65. The highest BCUT2D eigenvalue weighted by atomic mass is 35.5. The van der Waals surface area contributed by atoms with Gasteiger partial charge in [0, 0.05) is 5.02 Å². The summed E-state index contributed by atoms with van der Waals surface area (Å²) in [5, 5.41) is 3.43. The fraction of sp³-hybridized carbons (Fsp3) is 0.267. The fourth-order valence-electron chi connectivity index (χ4n) is 2.12. The minimum atomic E-state index is -4.98. The maximum Gasteiger partial charge on any atom is 0.514 e. The molecule has 1 aromatic carbocycles. The molecule has 146 valence electrons. The van der Waals surface area contributed by atoms with Crippen LogP contribution in [0.2, 0.25) is 5.02 Å². The number of hydrazone groups is 1. The van der Waals surface area contributed by atoms with Gasteiger partial charge in [0.15, 0.2) is 11.5 Å². The molecule has 0 aliphatic carbocycles. The van der Waals surface area contributed by atoms with Crippen LogP contribution in [0.1, 0.15) is 11.5 Å². The lowest BCUT2D eigenvalue weighted by atomic mass is 9.94. The molecule has 27 heavy (non-hydrogen) atoms. The van der Waals surface area contributed by atoms with Gasteiger partial charge in [-0.25, -0.2) is 9.59 Å². The lowest BCUT2D eigenvalue weighted by Crippen LogP contribution is -2.37. The highest BCUT2D eigenvalue weighted by Crippen LogP contribution is 2.40. The zero-order valence-electron chi connectivity index (χ0n) is 13.8. The molecular formula is C15H12ClF3N2O6. The molecule has 0 amide bonds. The van der Waals surface area contributed by atoms with Gasteiger partial charge in [-0.1, -0.05) is 29.8 Å². The summed E-state index contributed by atoms with van der Waals surface area (Å²) >= 11 is 6.07. The topological polar surface area (TPSA) is 95.5 Å². The Kier molecular flexibility index (Phi) is 6.16. The van der Waals surface area contributed by atoms with Crippen molar-refractivity contribution < 1.29 is 41.7 Å². The van der Waals surface area contributed by atoms with Crippen molar-refractivity contribution in [2.24, 2.45) is 5.10 Å². The SMILES string of the molecule is COC(=O)OC1=NNC(C(F)(F)F)=C(OC(=O)OC)C1c1ccccc1Cl. The van der Waals surface area contributed by atoms with E-state index in [2.05, 4.69) is 14.6 Å². The zero-order chi connectivity index (χ0) is 20.2. The maximum atomic E-state index is 13.4.